The van der Waals surface area contributed by atoms with E-state index in [-0.39, 0.29) is 29.8 Å². The molecule has 2 saturated carbocycles. The zero-order valence-corrected chi connectivity index (χ0v) is 13.4. The highest BCUT2D eigenvalue weighted by molar-refractivity contribution is 5.89. The first-order chi connectivity index (χ1) is 10.9. The van der Waals surface area contributed by atoms with Gasteiger partial charge in [0.15, 0.2) is 6.61 Å². The lowest BCUT2D eigenvalue weighted by atomic mass is 9.88. The Morgan fingerprint density at radius 2 is 2.09 bits per heavy atom. The highest BCUT2D eigenvalue weighted by Gasteiger charge is 2.63. The molecule has 0 amide bonds. The summed E-state index contributed by atoms with van der Waals surface area (Å²) in [5.74, 6) is -0.713. The third-order valence-corrected chi connectivity index (χ3v) is 4.95. The van der Waals surface area contributed by atoms with Crippen LogP contribution in [-0.2, 0) is 28.6 Å². The van der Waals surface area contributed by atoms with Crippen LogP contribution >= 0.6 is 0 Å². The Balaban J connectivity index is 1.47. The van der Waals surface area contributed by atoms with Crippen LogP contribution in [0.25, 0.3) is 0 Å². The Hall–Kier alpha value is -1.85. The van der Waals surface area contributed by atoms with Gasteiger partial charge in [-0.2, -0.15) is 0 Å². The number of ether oxygens (including phenoxy) is 3. The summed E-state index contributed by atoms with van der Waals surface area (Å²) in [5.41, 5.74) is 0.347. The zero-order valence-electron chi connectivity index (χ0n) is 13.4. The van der Waals surface area contributed by atoms with E-state index in [1.807, 2.05) is 13.8 Å². The van der Waals surface area contributed by atoms with Gasteiger partial charge < -0.3 is 14.2 Å². The summed E-state index contributed by atoms with van der Waals surface area (Å²) in [6.07, 6.45) is 1.40. The van der Waals surface area contributed by atoms with E-state index in [1.165, 1.54) is 0 Å². The van der Waals surface area contributed by atoms with Crippen LogP contribution in [0.3, 0.4) is 0 Å². The number of hydrogen-bond acceptors (Lipinski definition) is 6. The fourth-order valence-corrected chi connectivity index (χ4v) is 4.05. The van der Waals surface area contributed by atoms with Gasteiger partial charge in [0.1, 0.15) is 12.2 Å². The van der Waals surface area contributed by atoms with E-state index in [0.717, 1.165) is 12.8 Å². The fraction of sp³-hybridized carbons (Fsp3) is 0.706. The second-order valence-electron chi connectivity index (χ2n) is 7.14. The van der Waals surface area contributed by atoms with Crippen LogP contribution in [0, 0.1) is 23.7 Å². The second-order valence-corrected chi connectivity index (χ2v) is 7.14. The minimum atomic E-state index is -0.604. The van der Waals surface area contributed by atoms with E-state index in [1.54, 1.807) is 0 Å². The molecule has 1 saturated heterocycles. The number of hydrogen-bond donors (Lipinski definition) is 0. The fourth-order valence-electron chi connectivity index (χ4n) is 4.05. The first-order valence-electron chi connectivity index (χ1n) is 8.11. The van der Waals surface area contributed by atoms with Crippen molar-refractivity contribution in [3.63, 3.8) is 0 Å². The predicted octanol–water partition coefficient (Wildman–Crippen LogP) is 1.63. The first kappa shape index (κ1) is 16.0. The Morgan fingerprint density at radius 3 is 2.78 bits per heavy atom. The predicted molar refractivity (Wildman–Crippen MR) is 79.0 cm³/mol. The van der Waals surface area contributed by atoms with E-state index in [0.29, 0.717) is 17.9 Å². The Morgan fingerprint density at radius 1 is 1.35 bits per heavy atom. The molecule has 1 aliphatic heterocycles. The van der Waals surface area contributed by atoms with Crippen molar-refractivity contribution in [2.24, 2.45) is 23.7 Å². The first-order valence-corrected chi connectivity index (χ1v) is 8.11. The van der Waals surface area contributed by atoms with Crippen molar-refractivity contribution in [1.82, 2.24) is 0 Å². The average Bonchev–Trinajstić information content (AvgIpc) is 3.08. The molecule has 6 nitrogen and oxygen atoms in total. The van der Waals surface area contributed by atoms with Crippen molar-refractivity contribution in [2.45, 2.75) is 45.3 Å². The van der Waals surface area contributed by atoms with E-state index >= 15 is 0 Å². The molecule has 0 aromatic heterocycles. The molecule has 1 heterocycles. The summed E-state index contributed by atoms with van der Waals surface area (Å²) < 4.78 is 15.7. The Labute approximate surface area is 135 Å². The van der Waals surface area contributed by atoms with Gasteiger partial charge in [-0.15, -0.1) is 0 Å². The molecule has 2 bridgehead atoms. The highest BCUT2D eigenvalue weighted by Crippen LogP contribution is 2.55. The third-order valence-electron chi connectivity index (χ3n) is 4.95. The normalized spacial score (nSPS) is 33.7. The maximum Gasteiger partial charge on any atom is 0.344 e. The van der Waals surface area contributed by atoms with Crippen molar-refractivity contribution in [2.75, 3.05) is 6.61 Å². The molecular weight excluding hydrogens is 300 g/mol. The molecule has 2 aliphatic carbocycles. The number of carbonyl (C=O) groups is 3. The quantitative estimate of drug-likeness (QED) is 0.420. The van der Waals surface area contributed by atoms with Crippen LogP contribution in [0.1, 0.15) is 33.1 Å². The SMILES string of the molecule is C=C(CC(C)C)C(=O)OCC(=O)OC1C2CC3C(=O)OC1C3C2. The average molecular weight is 322 g/mol. The van der Waals surface area contributed by atoms with Gasteiger partial charge in [0.05, 0.1) is 5.92 Å². The van der Waals surface area contributed by atoms with Gasteiger partial charge in [0.2, 0.25) is 0 Å². The molecule has 3 fully saturated rings. The monoisotopic (exact) mass is 322 g/mol. The number of esters is 3. The molecule has 0 aromatic carbocycles. The molecule has 0 N–H and O–H groups in total. The van der Waals surface area contributed by atoms with E-state index in [2.05, 4.69) is 6.58 Å². The van der Waals surface area contributed by atoms with Crippen molar-refractivity contribution in [3.8, 4) is 0 Å². The van der Waals surface area contributed by atoms with Gasteiger partial charge in [0, 0.05) is 17.4 Å². The van der Waals surface area contributed by atoms with Crippen molar-refractivity contribution in [3.05, 3.63) is 12.2 Å². The topological polar surface area (TPSA) is 78.9 Å². The lowest BCUT2D eigenvalue weighted by Crippen LogP contribution is -2.37. The van der Waals surface area contributed by atoms with Gasteiger partial charge in [-0.3, -0.25) is 4.79 Å². The van der Waals surface area contributed by atoms with E-state index in [4.69, 9.17) is 14.2 Å². The maximum absolute atomic E-state index is 11.9. The highest BCUT2D eigenvalue weighted by atomic mass is 16.6. The van der Waals surface area contributed by atoms with Crippen LogP contribution < -0.4 is 0 Å². The molecule has 5 unspecified atom stereocenters. The molecule has 126 valence electrons. The number of rotatable bonds is 6. The van der Waals surface area contributed by atoms with Gasteiger partial charge in [-0.1, -0.05) is 20.4 Å². The molecule has 3 rings (SSSR count). The standard InChI is InChI=1S/C17H22O6/c1-8(2)4-9(3)16(19)21-7-13(18)22-14-10-5-11-12(6-10)17(20)23-15(11)14/h8,10-12,14-15H,3-7H2,1-2H3. The van der Waals surface area contributed by atoms with Gasteiger partial charge in [-0.25, -0.2) is 9.59 Å². The minimum absolute atomic E-state index is 0.0165. The Bertz CT molecular complexity index is 551. The molecular formula is C17H22O6. The third kappa shape index (κ3) is 2.99. The molecule has 0 spiro atoms. The molecule has 0 aromatic rings. The summed E-state index contributed by atoms with van der Waals surface area (Å²) in [4.78, 5) is 35.3. The van der Waals surface area contributed by atoms with Crippen molar-refractivity contribution >= 4 is 17.9 Å². The summed E-state index contributed by atoms with van der Waals surface area (Å²) in [7, 11) is 0. The smallest absolute Gasteiger partial charge is 0.344 e. The lowest BCUT2D eigenvalue weighted by Gasteiger charge is -2.25. The van der Waals surface area contributed by atoms with Gasteiger partial charge >= 0.3 is 17.9 Å². The van der Waals surface area contributed by atoms with Gasteiger partial charge in [-0.05, 0) is 25.2 Å². The number of carbonyl (C=O) groups excluding carboxylic acids is 3. The van der Waals surface area contributed by atoms with E-state index < -0.39 is 24.6 Å². The van der Waals surface area contributed by atoms with E-state index in [9.17, 15) is 14.4 Å². The van der Waals surface area contributed by atoms with Gasteiger partial charge in [0.25, 0.3) is 0 Å². The van der Waals surface area contributed by atoms with Crippen LogP contribution in [0.4, 0.5) is 0 Å². The van der Waals surface area contributed by atoms with Crippen LogP contribution in [0.2, 0.25) is 0 Å². The summed E-state index contributed by atoms with van der Waals surface area (Å²) in [5, 5.41) is 0. The summed E-state index contributed by atoms with van der Waals surface area (Å²) in [6, 6.07) is 0. The van der Waals surface area contributed by atoms with Crippen molar-refractivity contribution in [1.29, 1.82) is 0 Å². The molecule has 23 heavy (non-hydrogen) atoms. The largest absolute Gasteiger partial charge is 0.458 e. The molecule has 3 aliphatic rings. The van der Waals surface area contributed by atoms with Crippen LogP contribution in [0.15, 0.2) is 12.2 Å². The van der Waals surface area contributed by atoms with Crippen molar-refractivity contribution < 1.29 is 28.6 Å². The minimum Gasteiger partial charge on any atom is -0.458 e. The summed E-state index contributed by atoms with van der Waals surface area (Å²) >= 11 is 0. The second kappa shape index (κ2) is 5.98. The zero-order chi connectivity index (χ0) is 16.7. The lowest BCUT2D eigenvalue weighted by molar-refractivity contribution is -0.168. The molecule has 5 atom stereocenters. The molecule has 6 heteroatoms. The maximum atomic E-state index is 11.9. The molecule has 0 radical (unpaired) electrons. The number of fused-ring (bicyclic) bond motifs is 1. The van der Waals surface area contributed by atoms with Crippen LogP contribution in [-0.4, -0.2) is 36.7 Å². The Kier molecular flexibility index (Phi) is 4.17. The summed E-state index contributed by atoms with van der Waals surface area (Å²) in [6.45, 7) is 7.17. The van der Waals surface area contributed by atoms with Crippen LogP contribution in [0.5, 0.6) is 0 Å².